The van der Waals surface area contributed by atoms with Crippen LogP contribution in [0, 0.1) is 0 Å². The largest absolute Gasteiger partial charge is 0.360 e. The van der Waals surface area contributed by atoms with E-state index in [9.17, 15) is 4.79 Å². The standard InChI is InChI=1S/C12H16N6O/c1-18(2)10(19)7-14-11-8-5-3-4-6-9(8)15-12(16-11)17-13/h3-6H,7,13H2,1-2H3,(H2,14,15,16,17). The van der Waals surface area contributed by atoms with Crippen molar-refractivity contribution < 1.29 is 4.79 Å². The van der Waals surface area contributed by atoms with E-state index in [0.717, 1.165) is 10.9 Å². The van der Waals surface area contributed by atoms with Crippen LogP contribution in [0.15, 0.2) is 24.3 Å². The number of anilines is 2. The third kappa shape index (κ3) is 2.89. The first-order chi connectivity index (χ1) is 9.11. The molecule has 0 unspecified atom stereocenters. The monoisotopic (exact) mass is 260 g/mol. The number of hydrogen-bond acceptors (Lipinski definition) is 6. The molecule has 4 N–H and O–H groups in total. The molecule has 0 saturated carbocycles. The first-order valence-corrected chi connectivity index (χ1v) is 5.79. The summed E-state index contributed by atoms with van der Waals surface area (Å²) in [6.07, 6.45) is 0. The van der Waals surface area contributed by atoms with E-state index < -0.39 is 0 Å². The number of benzene rings is 1. The minimum absolute atomic E-state index is 0.0371. The number of carbonyl (C=O) groups excluding carboxylic acids is 1. The van der Waals surface area contributed by atoms with Gasteiger partial charge in [0.1, 0.15) is 5.82 Å². The van der Waals surface area contributed by atoms with E-state index in [1.54, 1.807) is 14.1 Å². The molecule has 1 aromatic carbocycles. The summed E-state index contributed by atoms with van der Waals surface area (Å²) < 4.78 is 0. The number of amides is 1. The van der Waals surface area contributed by atoms with Crippen LogP contribution < -0.4 is 16.6 Å². The number of hydrogen-bond donors (Lipinski definition) is 3. The van der Waals surface area contributed by atoms with Gasteiger partial charge in [-0.05, 0) is 12.1 Å². The predicted molar refractivity (Wildman–Crippen MR) is 74.5 cm³/mol. The number of para-hydroxylation sites is 1. The quantitative estimate of drug-likeness (QED) is 0.544. The zero-order chi connectivity index (χ0) is 13.8. The van der Waals surface area contributed by atoms with Crippen molar-refractivity contribution in [2.45, 2.75) is 0 Å². The molecule has 100 valence electrons. The Morgan fingerprint density at radius 1 is 1.32 bits per heavy atom. The number of fused-ring (bicyclic) bond motifs is 1. The molecule has 0 fully saturated rings. The van der Waals surface area contributed by atoms with Gasteiger partial charge in [0.05, 0.1) is 12.1 Å². The molecule has 0 bridgehead atoms. The van der Waals surface area contributed by atoms with E-state index >= 15 is 0 Å². The Labute approximate surface area is 110 Å². The SMILES string of the molecule is CN(C)C(=O)CNc1nc(NN)nc2ccccc12. The second-order valence-corrected chi connectivity index (χ2v) is 4.20. The van der Waals surface area contributed by atoms with Crippen LogP contribution in [0.3, 0.4) is 0 Å². The Hall–Kier alpha value is -2.41. The highest BCUT2D eigenvalue weighted by atomic mass is 16.2. The average molecular weight is 260 g/mol. The topological polar surface area (TPSA) is 96.2 Å². The van der Waals surface area contributed by atoms with E-state index in [1.165, 1.54) is 4.90 Å². The zero-order valence-corrected chi connectivity index (χ0v) is 10.8. The zero-order valence-electron chi connectivity index (χ0n) is 10.8. The fraction of sp³-hybridized carbons (Fsp3) is 0.250. The number of aromatic nitrogens is 2. The fourth-order valence-electron chi connectivity index (χ4n) is 1.59. The Kier molecular flexibility index (Phi) is 3.76. The van der Waals surface area contributed by atoms with Crippen LogP contribution in [0.5, 0.6) is 0 Å². The smallest absolute Gasteiger partial charge is 0.241 e. The summed E-state index contributed by atoms with van der Waals surface area (Å²) >= 11 is 0. The fourth-order valence-corrected chi connectivity index (χ4v) is 1.59. The molecule has 0 aliphatic heterocycles. The maximum atomic E-state index is 11.6. The molecule has 2 rings (SSSR count). The molecular formula is C12H16N6O. The van der Waals surface area contributed by atoms with Gasteiger partial charge in [0, 0.05) is 19.5 Å². The van der Waals surface area contributed by atoms with E-state index in [4.69, 9.17) is 5.84 Å². The van der Waals surface area contributed by atoms with Crippen LogP contribution in [0.4, 0.5) is 11.8 Å². The Bertz CT molecular complexity index is 598. The van der Waals surface area contributed by atoms with Crippen molar-refractivity contribution in [3.8, 4) is 0 Å². The van der Waals surface area contributed by atoms with Gasteiger partial charge >= 0.3 is 0 Å². The van der Waals surface area contributed by atoms with Crippen LogP contribution in [0.25, 0.3) is 10.9 Å². The summed E-state index contributed by atoms with van der Waals surface area (Å²) in [5.41, 5.74) is 3.17. The Balaban J connectivity index is 2.32. The number of nitrogen functional groups attached to an aromatic ring is 1. The molecule has 0 saturated heterocycles. The molecule has 0 spiro atoms. The van der Waals surface area contributed by atoms with Gasteiger partial charge in [-0.25, -0.2) is 10.8 Å². The third-order valence-electron chi connectivity index (χ3n) is 2.64. The number of nitrogens with zero attached hydrogens (tertiary/aromatic N) is 3. The summed E-state index contributed by atoms with van der Waals surface area (Å²) in [5.74, 6) is 6.18. The normalized spacial score (nSPS) is 10.3. The molecule has 0 aliphatic rings. The summed E-state index contributed by atoms with van der Waals surface area (Å²) in [7, 11) is 3.41. The summed E-state index contributed by atoms with van der Waals surface area (Å²) in [5, 5.41) is 3.85. The molecule has 0 atom stereocenters. The maximum Gasteiger partial charge on any atom is 0.241 e. The number of carbonyl (C=O) groups is 1. The molecule has 7 nitrogen and oxygen atoms in total. The van der Waals surface area contributed by atoms with Crippen LogP contribution >= 0.6 is 0 Å². The first kappa shape index (κ1) is 13.0. The number of hydrazine groups is 1. The molecule has 7 heteroatoms. The van der Waals surface area contributed by atoms with Crippen molar-refractivity contribution in [3.05, 3.63) is 24.3 Å². The maximum absolute atomic E-state index is 11.6. The van der Waals surface area contributed by atoms with Gasteiger partial charge in [-0.15, -0.1) is 0 Å². The average Bonchev–Trinajstić information content (AvgIpc) is 2.43. The van der Waals surface area contributed by atoms with Crippen molar-refractivity contribution in [2.75, 3.05) is 31.4 Å². The first-order valence-electron chi connectivity index (χ1n) is 5.79. The minimum atomic E-state index is -0.0371. The highest BCUT2D eigenvalue weighted by Gasteiger charge is 2.09. The molecular weight excluding hydrogens is 244 g/mol. The molecule has 0 radical (unpaired) electrons. The van der Waals surface area contributed by atoms with Gasteiger partial charge in [0.2, 0.25) is 11.9 Å². The second kappa shape index (κ2) is 5.49. The highest BCUT2D eigenvalue weighted by Crippen LogP contribution is 2.21. The van der Waals surface area contributed by atoms with Gasteiger partial charge in [-0.2, -0.15) is 4.98 Å². The molecule has 1 aromatic heterocycles. The minimum Gasteiger partial charge on any atom is -0.360 e. The Morgan fingerprint density at radius 2 is 2.05 bits per heavy atom. The predicted octanol–water partition coefficient (Wildman–Crippen LogP) is 0.415. The van der Waals surface area contributed by atoms with Crippen molar-refractivity contribution in [1.82, 2.24) is 14.9 Å². The van der Waals surface area contributed by atoms with E-state index in [1.807, 2.05) is 24.3 Å². The van der Waals surface area contributed by atoms with Crippen molar-refractivity contribution in [3.63, 3.8) is 0 Å². The lowest BCUT2D eigenvalue weighted by atomic mass is 10.2. The number of nitrogens with one attached hydrogen (secondary N) is 2. The molecule has 1 heterocycles. The van der Waals surface area contributed by atoms with Gasteiger partial charge in [0.15, 0.2) is 0 Å². The number of likely N-dealkylation sites (N-methyl/N-ethyl adjacent to an activating group) is 1. The second-order valence-electron chi connectivity index (χ2n) is 4.20. The number of nitrogens with two attached hydrogens (primary N) is 1. The van der Waals surface area contributed by atoms with Crippen LogP contribution in [-0.2, 0) is 4.79 Å². The Morgan fingerprint density at radius 3 is 2.74 bits per heavy atom. The molecule has 0 aliphatic carbocycles. The lowest BCUT2D eigenvalue weighted by Crippen LogP contribution is -2.29. The van der Waals surface area contributed by atoms with Crippen molar-refractivity contribution in [2.24, 2.45) is 5.84 Å². The van der Waals surface area contributed by atoms with Crippen molar-refractivity contribution >= 4 is 28.6 Å². The van der Waals surface area contributed by atoms with Crippen LogP contribution in [0.2, 0.25) is 0 Å². The third-order valence-corrected chi connectivity index (χ3v) is 2.64. The van der Waals surface area contributed by atoms with Gasteiger partial charge in [-0.3, -0.25) is 10.2 Å². The van der Waals surface area contributed by atoms with Gasteiger partial charge in [0.25, 0.3) is 0 Å². The molecule has 19 heavy (non-hydrogen) atoms. The van der Waals surface area contributed by atoms with Crippen LogP contribution in [0.1, 0.15) is 0 Å². The summed E-state index contributed by atoms with van der Waals surface area (Å²) in [6.45, 7) is 0.165. The molecule has 1 amide bonds. The van der Waals surface area contributed by atoms with Crippen LogP contribution in [-0.4, -0.2) is 41.4 Å². The van der Waals surface area contributed by atoms with Gasteiger partial charge in [-0.1, -0.05) is 12.1 Å². The lowest BCUT2D eigenvalue weighted by Gasteiger charge is -2.13. The highest BCUT2D eigenvalue weighted by molar-refractivity contribution is 5.91. The van der Waals surface area contributed by atoms with E-state index in [0.29, 0.717) is 11.8 Å². The van der Waals surface area contributed by atoms with E-state index in [2.05, 4.69) is 20.7 Å². The molecule has 2 aromatic rings. The van der Waals surface area contributed by atoms with E-state index in [-0.39, 0.29) is 12.5 Å². The lowest BCUT2D eigenvalue weighted by molar-refractivity contribution is -0.126. The number of rotatable bonds is 4. The van der Waals surface area contributed by atoms with Gasteiger partial charge < -0.3 is 10.2 Å². The van der Waals surface area contributed by atoms with Crippen molar-refractivity contribution in [1.29, 1.82) is 0 Å². The summed E-state index contributed by atoms with van der Waals surface area (Å²) in [4.78, 5) is 21.6. The summed E-state index contributed by atoms with van der Waals surface area (Å²) in [6, 6.07) is 7.51.